The summed E-state index contributed by atoms with van der Waals surface area (Å²) in [5.74, 6) is -0.239. The number of aliphatic hydroxyl groups is 1. The molecule has 1 unspecified atom stereocenters. The molecule has 4 nitrogen and oxygen atoms in total. The number of aliphatic hydroxyl groups excluding tert-OH is 1. The van der Waals surface area contributed by atoms with Gasteiger partial charge in [0.25, 0.3) is 5.91 Å². The van der Waals surface area contributed by atoms with Crippen molar-refractivity contribution in [2.24, 2.45) is 0 Å². The van der Waals surface area contributed by atoms with Crippen molar-refractivity contribution in [1.82, 2.24) is 10.3 Å². The number of thiazole rings is 1. The van der Waals surface area contributed by atoms with Gasteiger partial charge < -0.3 is 10.4 Å². The fraction of sp³-hybridized carbons (Fsp3) is 0.429. The molecule has 66 valence electrons. The minimum Gasteiger partial charge on any atom is -0.392 e. The number of rotatable bonds is 3. The Morgan fingerprint density at radius 2 is 2.67 bits per heavy atom. The topological polar surface area (TPSA) is 62.2 Å². The fourth-order valence-electron chi connectivity index (χ4n) is 0.656. The molecule has 0 radical (unpaired) electrons. The van der Waals surface area contributed by atoms with Crippen LogP contribution in [-0.4, -0.2) is 28.6 Å². The zero-order valence-electron chi connectivity index (χ0n) is 6.65. The predicted octanol–water partition coefficient (Wildman–Crippen LogP) is 0.254. The van der Waals surface area contributed by atoms with Gasteiger partial charge in [-0.05, 0) is 6.92 Å². The van der Waals surface area contributed by atoms with E-state index in [4.69, 9.17) is 5.11 Å². The molecule has 1 atom stereocenters. The molecule has 0 aliphatic heterocycles. The quantitative estimate of drug-likeness (QED) is 0.711. The van der Waals surface area contributed by atoms with E-state index in [1.54, 1.807) is 17.8 Å². The van der Waals surface area contributed by atoms with Gasteiger partial charge in [-0.25, -0.2) is 4.98 Å². The van der Waals surface area contributed by atoms with Gasteiger partial charge in [0.2, 0.25) is 0 Å². The molecule has 5 heteroatoms. The van der Waals surface area contributed by atoms with Crippen LogP contribution in [0.25, 0.3) is 0 Å². The molecule has 0 fully saturated rings. The first-order chi connectivity index (χ1) is 5.70. The van der Waals surface area contributed by atoms with Gasteiger partial charge in [-0.1, -0.05) is 0 Å². The van der Waals surface area contributed by atoms with Crippen LogP contribution in [-0.2, 0) is 0 Å². The van der Waals surface area contributed by atoms with E-state index in [-0.39, 0.29) is 12.5 Å². The Bertz CT molecular complexity index is 246. The molecule has 12 heavy (non-hydrogen) atoms. The minimum atomic E-state index is -0.521. The molecule has 0 aliphatic rings. The molecule has 1 aromatic rings. The van der Waals surface area contributed by atoms with E-state index >= 15 is 0 Å². The fourth-order valence-corrected chi connectivity index (χ4v) is 1.19. The highest BCUT2D eigenvalue weighted by molar-refractivity contribution is 7.07. The molecule has 1 aromatic heterocycles. The van der Waals surface area contributed by atoms with Gasteiger partial charge in [-0.3, -0.25) is 4.79 Å². The largest absolute Gasteiger partial charge is 0.392 e. The molecule has 2 N–H and O–H groups in total. The normalized spacial score (nSPS) is 12.5. The average molecular weight is 186 g/mol. The van der Waals surface area contributed by atoms with Crippen molar-refractivity contribution in [3.8, 4) is 0 Å². The highest BCUT2D eigenvalue weighted by Crippen LogP contribution is 1.99. The molecule has 0 saturated heterocycles. The lowest BCUT2D eigenvalue weighted by molar-refractivity contribution is 0.0920. The van der Waals surface area contributed by atoms with Crippen molar-refractivity contribution >= 4 is 17.2 Å². The lowest BCUT2D eigenvalue weighted by atomic mass is 10.4. The Balaban J connectivity index is 2.40. The zero-order valence-corrected chi connectivity index (χ0v) is 7.47. The van der Waals surface area contributed by atoms with Crippen molar-refractivity contribution in [2.75, 3.05) is 6.54 Å². The molecule has 1 amide bonds. The highest BCUT2D eigenvalue weighted by Gasteiger charge is 2.06. The van der Waals surface area contributed by atoms with E-state index in [1.165, 1.54) is 11.3 Å². The summed E-state index contributed by atoms with van der Waals surface area (Å²) in [6.45, 7) is 1.87. The average Bonchev–Trinajstić information content (AvgIpc) is 2.51. The van der Waals surface area contributed by atoms with Gasteiger partial charge in [0.05, 0.1) is 11.6 Å². The molecule has 0 aliphatic carbocycles. The van der Waals surface area contributed by atoms with E-state index in [1.807, 2.05) is 0 Å². The Morgan fingerprint density at radius 1 is 1.92 bits per heavy atom. The summed E-state index contributed by atoms with van der Waals surface area (Å²) in [5, 5.41) is 13.1. The van der Waals surface area contributed by atoms with Crippen LogP contribution in [0.5, 0.6) is 0 Å². The minimum absolute atomic E-state index is 0.239. The second-order valence-corrected chi connectivity index (χ2v) is 3.15. The Hall–Kier alpha value is -0.940. The van der Waals surface area contributed by atoms with Crippen molar-refractivity contribution < 1.29 is 9.90 Å². The molecule has 1 heterocycles. The SMILES string of the molecule is CC(O)CNC(=O)c1cscn1. The number of hydrogen-bond acceptors (Lipinski definition) is 4. The van der Waals surface area contributed by atoms with Crippen LogP contribution >= 0.6 is 11.3 Å². The summed E-state index contributed by atoms with van der Waals surface area (Å²) in [6.07, 6.45) is -0.521. The highest BCUT2D eigenvalue weighted by atomic mass is 32.1. The molecule has 0 saturated carbocycles. The standard InChI is InChI=1S/C7H10N2O2S/c1-5(10)2-8-7(11)6-3-12-4-9-6/h3-5,10H,2H2,1H3,(H,8,11). The summed E-state index contributed by atoms with van der Waals surface area (Å²) >= 11 is 1.37. The summed E-state index contributed by atoms with van der Waals surface area (Å²) in [7, 11) is 0. The lowest BCUT2D eigenvalue weighted by Gasteiger charge is -2.04. The summed E-state index contributed by atoms with van der Waals surface area (Å²) in [5.41, 5.74) is 2.00. The maximum atomic E-state index is 11.1. The van der Waals surface area contributed by atoms with E-state index in [0.29, 0.717) is 5.69 Å². The number of amides is 1. The van der Waals surface area contributed by atoms with Crippen molar-refractivity contribution in [3.63, 3.8) is 0 Å². The molecule has 0 bridgehead atoms. The van der Waals surface area contributed by atoms with Crippen LogP contribution in [0.1, 0.15) is 17.4 Å². The lowest BCUT2D eigenvalue weighted by Crippen LogP contribution is -2.30. The second-order valence-electron chi connectivity index (χ2n) is 2.43. The van der Waals surface area contributed by atoms with E-state index in [9.17, 15) is 4.79 Å². The van der Waals surface area contributed by atoms with Crippen molar-refractivity contribution in [1.29, 1.82) is 0 Å². The second kappa shape index (κ2) is 4.18. The summed E-state index contributed by atoms with van der Waals surface area (Å²) < 4.78 is 0. The third-order valence-corrected chi connectivity index (χ3v) is 1.81. The van der Waals surface area contributed by atoms with Gasteiger partial charge in [-0.15, -0.1) is 11.3 Å². The third-order valence-electron chi connectivity index (χ3n) is 1.22. The van der Waals surface area contributed by atoms with Crippen LogP contribution in [0.4, 0.5) is 0 Å². The van der Waals surface area contributed by atoms with Crippen LogP contribution < -0.4 is 5.32 Å². The first kappa shape index (κ1) is 9.15. The Morgan fingerprint density at radius 3 is 3.17 bits per heavy atom. The summed E-state index contributed by atoms with van der Waals surface area (Å²) in [6, 6.07) is 0. The number of carbonyl (C=O) groups excluding carboxylic acids is 1. The predicted molar refractivity (Wildman–Crippen MR) is 46.1 cm³/mol. The van der Waals surface area contributed by atoms with E-state index in [2.05, 4.69) is 10.3 Å². The number of nitrogens with one attached hydrogen (secondary N) is 1. The van der Waals surface area contributed by atoms with Crippen LogP contribution in [0.2, 0.25) is 0 Å². The molecule has 0 aromatic carbocycles. The van der Waals surface area contributed by atoms with Gasteiger partial charge in [0.1, 0.15) is 5.69 Å². The van der Waals surface area contributed by atoms with E-state index in [0.717, 1.165) is 0 Å². The van der Waals surface area contributed by atoms with Crippen molar-refractivity contribution in [2.45, 2.75) is 13.0 Å². The van der Waals surface area contributed by atoms with Crippen LogP contribution in [0.15, 0.2) is 10.9 Å². The van der Waals surface area contributed by atoms with Crippen molar-refractivity contribution in [3.05, 3.63) is 16.6 Å². The number of carbonyl (C=O) groups is 1. The summed E-state index contributed by atoms with van der Waals surface area (Å²) in [4.78, 5) is 15.0. The number of hydrogen-bond donors (Lipinski definition) is 2. The monoisotopic (exact) mass is 186 g/mol. The number of aromatic nitrogens is 1. The van der Waals surface area contributed by atoms with E-state index < -0.39 is 6.10 Å². The molecular formula is C7H10N2O2S. The van der Waals surface area contributed by atoms with Gasteiger partial charge in [-0.2, -0.15) is 0 Å². The molecule has 1 rings (SSSR count). The molecular weight excluding hydrogens is 176 g/mol. The maximum absolute atomic E-state index is 11.1. The Kier molecular flexibility index (Phi) is 3.19. The van der Waals surface area contributed by atoms with Crippen LogP contribution in [0, 0.1) is 0 Å². The van der Waals surface area contributed by atoms with Crippen LogP contribution in [0.3, 0.4) is 0 Å². The van der Waals surface area contributed by atoms with Gasteiger partial charge in [0, 0.05) is 11.9 Å². The first-order valence-corrected chi connectivity index (χ1v) is 4.49. The first-order valence-electron chi connectivity index (χ1n) is 3.54. The zero-order chi connectivity index (χ0) is 8.97. The third kappa shape index (κ3) is 2.60. The van der Waals surface area contributed by atoms with Gasteiger partial charge in [0.15, 0.2) is 0 Å². The maximum Gasteiger partial charge on any atom is 0.270 e. The molecule has 0 spiro atoms. The number of nitrogens with zero attached hydrogens (tertiary/aromatic N) is 1. The Labute approximate surface area is 74.3 Å². The van der Waals surface area contributed by atoms with Gasteiger partial charge >= 0.3 is 0 Å². The smallest absolute Gasteiger partial charge is 0.270 e.